The Kier molecular flexibility index (Phi) is 3.80. The van der Waals surface area contributed by atoms with Crippen molar-refractivity contribution >= 4 is 12.4 Å². The number of benzene rings is 1. The van der Waals surface area contributed by atoms with Gasteiger partial charge >= 0.3 is 6.98 Å². The van der Waals surface area contributed by atoms with E-state index in [1.807, 2.05) is 0 Å². The van der Waals surface area contributed by atoms with Crippen molar-refractivity contribution in [1.82, 2.24) is 0 Å². The Morgan fingerprint density at radius 2 is 2.06 bits per heavy atom. The minimum atomic E-state index is -5.29. The third kappa shape index (κ3) is 3.16. The highest BCUT2D eigenvalue weighted by Gasteiger charge is 2.30. The standard InChI is InChI=1S/C11H12BF4O2/c13-8-3-4-11(10(6-8)12(14,15)16)18-9-2-1-5-17-7-9/h3-4,6,9H,1-2,5,7H2/q-1. The average molecular weight is 263 g/mol. The van der Waals surface area contributed by atoms with Crippen LogP contribution in [-0.2, 0) is 4.74 Å². The van der Waals surface area contributed by atoms with Crippen molar-refractivity contribution in [3.8, 4) is 5.75 Å². The number of halogens is 4. The third-order valence-corrected chi connectivity index (χ3v) is 2.74. The highest BCUT2D eigenvalue weighted by Crippen LogP contribution is 2.21. The van der Waals surface area contributed by atoms with E-state index in [-0.39, 0.29) is 12.4 Å². The Hall–Kier alpha value is -1.24. The lowest BCUT2D eigenvalue weighted by atomic mass is 9.79. The normalized spacial score (nSPS) is 20.8. The van der Waals surface area contributed by atoms with E-state index < -0.39 is 24.4 Å². The molecule has 0 N–H and O–H groups in total. The average Bonchev–Trinajstić information content (AvgIpc) is 2.31. The van der Waals surface area contributed by atoms with Gasteiger partial charge in [-0.15, -0.1) is 0 Å². The predicted molar refractivity (Wildman–Crippen MR) is 59.6 cm³/mol. The van der Waals surface area contributed by atoms with Crippen molar-refractivity contribution in [3.63, 3.8) is 0 Å². The van der Waals surface area contributed by atoms with Crippen molar-refractivity contribution in [2.75, 3.05) is 13.2 Å². The molecule has 0 spiro atoms. The molecule has 1 heterocycles. The molecule has 7 heteroatoms. The van der Waals surface area contributed by atoms with Crippen LogP contribution in [0.25, 0.3) is 0 Å². The zero-order valence-electron chi connectivity index (χ0n) is 9.54. The fraction of sp³-hybridized carbons (Fsp3) is 0.455. The molecule has 1 aliphatic rings. The van der Waals surface area contributed by atoms with Crippen LogP contribution in [0.5, 0.6) is 5.75 Å². The summed E-state index contributed by atoms with van der Waals surface area (Å²) in [6, 6.07) is 2.46. The molecule has 1 atom stereocenters. The predicted octanol–water partition coefficient (Wildman–Crippen LogP) is 2.44. The molecule has 1 aromatic carbocycles. The molecule has 0 amide bonds. The molecular weight excluding hydrogens is 251 g/mol. The van der Waals surface area contributed by atoms with Gasteiger partial charge < -0.3 is 22.4 Å². The van der Waals surface area contributed by atoms with E-state index in [1.165, 1.54) is 0 Å². The van der Waals surface area contributed by atoms with E-state index >= 15 is 0 Å². The first-order chi connectivity index (χ1) is 8.47. The Labute approximate surface area is 102 Å². The number of hydrogen-bond donors (Lipinski definition) is 0. The van der Waals surface area contributed by atoms with Crippen molar-refractivity contribution in [1.29, 1.82) is 0 Å². The number of ether oxygens (including phenoxy) is 2. The van der Waals surface area contributed by atoms with Crippen LogP contribution in [0, 0.1) is 5.82 Å². The van der Waals surface area contributed by atoms with Gasteiger partial charge in [0.05, 0.1) is 12.4 Å². The van der Waals surface area contributed by atoms with Crippen LogP contribution in [-0.4, -0.2) is 26.3 Å². The minimum Gasteiger partial charge on any atom is -0.491 e. The molecule has 1 unspecified atom stereocenters. The molecule has 2 nitrogen and oxygen atoms in total. The second-order valence-corrected chi connectivity index (χ2v) is 4.21. The summed E-state index contributed by atoms with van der Waals surface area (Å²) < 4.78 is 61.6. The topological polar surface area (TPSA) is 18.5 Å². The number of hydrogen-bond acceptors (Lipinski definition) is 2. The zero-order valence-corrected chi connectivity index (χ0v) is 9.54. The van der Waals surface area contributed by atoms with Crippen LogP contribution in [0.3, 0.4) is 0 Å². The Morgan fingerprint density at radius 1 is 1.28 bits per heavy atom. The maximum absolute atomic E-state index is 12.9. The van der Waals surface area contributed by atoms with E-state index in [0.717, 1.165) is 18.6 Å². The van der Waals surface area contributed by atoms with Crippen LogP contribution in [0.1, 0.15) is 12.8 Å². The summed E-state index contributed by atoms with van der Waals surface area (Å²) in [5.74, 6) is -1.24. The summed E-state index contributed by atoms with van der Waals surface area (Å²) in [5, 5.41) is 0. The molecule has 1 aliphatic heterocycles. The van der Waals surface area contributed by atoms with Gasteiger partial charge in [0.15, 0.2) is 0 Å². The first-order valence-electron chi connectivity index (χ1n) is 5.70. The summed E-state index contributed by atoms with van der Waals surface area (Å²) in [5.41, 5.74) is -1.03. The lowest BCUT2D eigenvalue weighted by Gasteiger charge is -2.27. The largest absolute Gasteiger partial charge is 0.513 e. The maximum atomic E-state index is 12.9. The minimum absolute atomic E-state index is 0.266. The first-order valence-corrected chi connectivity index (χ1v) is 5.70. The maximum Gasteiger partial charge on any atom is 0.513 e. The Bertz CT molecular complexity index is 416. The van der Waals surface area contributed by atoms with Crippen LogP contribution < -0.4 is 10.2 Å². The molecule has 0 aromatic heterocycles. The Balaban J connectivity index is 2.21. The molecule has 1 saturated heterocycles. The van der Waals surface area contributed by atoms with E-state index in [0.29, 0.717) is 19.1 Å². The van der Waals surface area contributed by atoms with Gasteiger partial charge in [-0.2, -0.15) is 0 Å². The first kappa shape index (κ1) is 13.2. The van der Waals surface area contributed by atoms with Crippen molar-refractivity contribution < 1.29 is 26.8 Å². The smallest absolute Gasteiger partial charge is 0.491 e. The van der Waals surface area contributed by atoms with E-state index in [1.54, 1.807) is 0 Å². The van der Waals surface area contributed by atoms with E-state index in [4.69, 9.17) is 9.47 Å². The Morgan fingerprint density at radius 3 is 2.67 bits per heavy atom. The van der Waals surface area contributed by atoms with Crippen molar-refractivity contribution in [2.24, 2.45) is 0 Å². The summed E-state index contributed by atoms with van der Waals surface area (Å²) >= 11 is 0. The fourth-order valence-corrected chi connectivity index (χ4v) is 1.87. The van der Waals surface area contributed by atoms with Gasteiger partial charge in [-0.05, 0) is 31.0 Å². The molecule has 18 heavy (non-hydrogen) atoms. The molecule has 100 valence electrons. The molecule has 1 aromatic rings. The van der Waals surface area contributed by atoms with Crippen LogP contribution in [0.4, 0.5) is 17.3 Å². The monoisotopic (exact) mass is 263 g/mol. The second kappa shape index (κ2) is 5.18. The quantitative estimate of drug-likeness (QED) is 0.616. The summed E-state index contributed by atoms with van der Waals surface area (Å²) in [4.78, 5) is 0. The molecular formula is C11H12BF4O2-. The van der Waals surface area contributed by atoms with Crippen molar-refractivity contribution in [3.05, 3.63) is 24.0 Å². The fourth-order valence-electron chi connectivity index (χ4n) is 1.87. The van der Waals surface area contributed by atoms with Crippen LogP contribution in [0.15, 0.2) is 18.2 Å². The van der Waals surface area contributed by atoms with Gasteiger partial charge in [0.2, 0.25) is 0 Å². The second-order valence-electron chi connectivity index (χ2n) is 4.21. The van der Waals surface area contributed by atoms with Gasteiger partial charge in [0.25, 0.3) is 0 Å². The third-order valence-electron chi connectivity index (χ3n) is 2.74. The van der Waals surface area contributed by atoms with E-state index in [2.05, 4.69) is 0 Å². The summed E-state index contributed by atoms with van der Waals surface area (Å²) in [6.45, 7) is -4.43. The lowest BCUT2D eigenvalue weighted by Crippen LogP contribution is -2.38. The van der Waals surface area contributed by atoms with Gasteiger partial charge in [0, 0.05) is 6.61 Å². The molecule has 2 rings (SSSR count). The molecule has 1 fully saturated rings. The lowest BCUT2D eigenvalue weighted by molar-refractivity contribution is 0.00773. The van der Waals surface area contributed by atoms with Gasteiger partial charge in [-0.25, -0.2) is 4.39 Å². The van der Waals surface area contributed by atoms with E-state index in [9.17, 15) is 17.3 Å². The zero-order chi connectivity index (χ0) is 13.2. The van der Waals surface area contributed by atoms with Gasteiger partial charge in [0.1, 0.15) is 11.9 Å². The molecule has 0 aliphatic carbocycles. The van der Waals surface area contributed by atoms with Crippen LogP contribution >= 0.6 is 0 Å². The molecule has 0 saturated carbocycles. The SMILES string of the molecule is Fc1ccc(OC2CCCOC2)c([B-](F)(F)F)c1. The highest BCUT2D eigenvalue weighted by molar-refractivity contribution is 6.74. The highest BCUT2D eigenvalue weighted by atomic mass is 19.4. The van der Waals surface area contributed by atoms with Crippen LogP contribution in [0.2, 0.25) is 0 Å². The number of rotatable bonds is 3. The summed E-state index contributed by atoms with van der Waals surface area (Å²) in [7, 11) is 0. The van der Waals surface area contributed by atoms with Gasteiger partial charge in [-0.1, -0.05) is 5.46 Å². The molecule has 0 bridgehead atoms. The molecule has 0 radical (unpaired) electrons. The van der Waals surface area contributed by atoms with Crippen molar-refractivity contribution in [2.45, 2.75) is 18.9 Å². The van der Waals surface area contributed by atoms with Gasteiger partial charge in [-0.3, -0.25) is 0 Å². The summed E-state index contributed by atoms with van der Waals surface area (Å²) in [6.07, 6.45) is 0.987.